The molecule has 1 rings (SSSR count). The SMILES string of the molecule is CCCOC(=O)CC(=O)c1ccc(OC)c(OC)c1. The van der Waals surface area contributed by atoms with E-state index in [0.29, 0.717) is 23.7 Å². The zero-order valence-electron chi connectivity index (χ0n) is 11.4. The molecule has 0 bridgehead atoms. The van der Waals surface area contributed by atoms with Crippen LogP contribution in [0.15, 0.2) is 18.2 Å². The van der Waals surface area contributed by atoms with Gasteiger partial charge in [0.25, 0.3) is 0 Å². The molecule has 0 atom stereocenters. The molecule has 0 aromatic heterocycles. The Morgan fingerprint density at radius 3 is 2.37 bits per heavy atom. The second kappa shape index (κ2) is 7.41. The van der Waals surface area contributed by atoms with Crippen molar-refractivity contribution in [2.24, 2.45) is 0 Å². The van der Waals surface area contributed by atoms with Crippen molar-refractivity contribution < 1.29 is 23.8 Å². The van der Waals surface area contributed by atoms with Crippen LogP contribution in [-0.4, -0.2) is 32.6 Å². The van der Waals surface area contributed by atoms with Crippen LogP contribution < -0.4 is 9.47 Å². The molecule has 0 radical (unpaired) electrons. The van der Waals surface area contributed by atoms with Crippen LogP contribution in [0.3, 0.4) is 0 Å². The number of ether oxygens (including phenoxy) is 3. The minimum absolute atomic E-state index is 0.268. The van der Waals surface area contributed by atoms with Gasteiger partial charge in [0.2, 0.25) is 0 Å². The number of ketones is 1. The van der Waals surface area contributed by atoms with E-state index >= 15 is 0 Å². The molecule has 1 aromatic carbocycles. The van der Waals surface area contributed by atoms with E-state index in [4.69, 9.17) is 14.2 Å². The monoisotopic (exact) mass is 266 g/mol. The molecule has 104 valence electrons. The summed E-state index contributed by atoms with van der Waals surface area (Å²) in [6.45, 7) is 2.22. The Balaban J connectivity index is 2.74. The molecular formula is C14H18O5. The van der Waals surface area contributed by atoms with E-state index in [-0.39, 0.29) is 12.2 Å². The Morgan fingerprint density at radius 1 is 1.11 bits per heavy atom. The fourth-order valence-corrected chi connectivity index (χ4v) is 1.51. The van der Waals surface area contributed by atoms with E-state index in [1.165, 1.54) is 14.2 Å². The van der Waals surface area contributed by atoms with Crippen LogP contribution in [0.1, 0.15) is 30.1 Å². The first kappa shape index (κ1) is 15.0. The summed E-state index contributed by atoms with van der Waals surface area (Å²) in [7, 11) is 3.00. The number of hydrogen-bond donors (Lipinski definition) is 0. The maximum atomic E-state index is 11.9. The summed E-state index contributed by atoms with van der Waals surface area (Å²) >= 11 is 0. The lowest BCUT2D eigenvalue weighted by molar-refractivity contribution is -0.142. The fraction of sp³-hybridized carbons (Fsp3) is 0.429. The molecule has 0 aliphatic heterocycles. The highest BCUT2D eigenvalue weighted by atomic mass is 16.5. The number of methoxy groups -OCH3 is 2. The third-order valence-electron chi connectivity index (χ3n) is 2.48. The van der Waals surface area contributed by atoms with Crippen LogP contribution in [0.2, 0.25) is 0 Å². The maximum Gasteiger partial charge on any atom is 0.313 e. The molecule has 0 saturated heterocycles. The Hall–Kier alpha value is -2.04. The smallest absolute Gasteiger partial charge is 0.313 e. The lowest BCUT2D eigenvalue weighted by atomic mass is 10.1. The van der Waals surface area contributed by atoms with Crippen LogP contribution in [0.4, 0.5) is 0 Å². The van der Waals surface area contributed by atoms with Gasteiger partial charge in [-0.05, 0) is 24.6 Å². The minimum atomic E-state index is -0.512. The molecule has 0 N–H and O–H groups in total. The summed E-state index contributed by atoms with van der Waals surface area (Å²) in [6.07, 6.45) is 0.464. The predicted octanol–water partition coefficient (Wildman–Crippen LogP) is 2.23. The Morgan fingerprint density at radius 2 is 1.79 bits per heavy atom. The molecule has 0 aliphatic carbocycles. The summed E-state index contributed by atoms with van der Waals surface area (Å²) in [5.74, 6) is 0.173. The van der Waals surface area contributed by atoms with Gasteiger partial charge in [-0.1, -0.05) is 6.92 Å². The fourth-order valence-electron chi connectivity index (χ4n) is 1.51. The van der Waals surface area contributed by atoms with Gasteiger partial charge in [-0.25, -0.2) is 0 Å². The molecular weight excluding hydrogens is 248 g/mol. The molecule has 5 heteroatoms. The highest BCUT2D eigenvalue weighted by Crippen LogP contribution is 2.27. The normalized spacial score (nSPS) is 9.84. The van der Waals surface area contributed by atoms with Crippen molar-refractivity contribution in [2.45, 2.75) is 19.8 Å². The second-order valence-corrected chi connectivity index (χ2v) is 3.89. The van der Waals surface area contributed by atoms with Gasteiger partial charge in [0.1, 0.15) is 6.42 Å². The predicted molar refractivity (Wildman–Crippen MR) is 69.7 cm³/mol. The highest BCUT2D eigenvalue weighted by molar-refractivity contribution is 6.06. The summed E-state index contributed by atoms with van der Waals surface area (Å²) in [5.41, 5.74) is 0.395. The van der Waals surface area contributed by atoms with E-state index in [9.17, 15) is 9.59 Å². The van der Waals surface area contributed by atoms with E-state index in [1.807, 2.05) is 6.92 Å². The van der Waals surface area contributed by atoms with Crippen molar-refractivity contribution in [1.82, 2.24) is 0 Å². The standard InChI is InChI=1S/C14H18O5/c1-4-7-19-14(16)9-11(15)10-5-6-12(17-2)13(8-10)18-3/h5-6,8H,4,7,9H2,1-3H3. The first-order chi connectivity index (χ1) is 9.12. The number of hydrogen-bond acceptors (Lipinski definition) is 5. The quantitative estimate of drug-likeness (QED) is 0.430. The van der Waals surface area contributed by atoms with E-state index in [0.717, 1.165) is 6.42 Å². The molecule has 19 heavy (non-hydrogen) atoms. The molecule has 0 heterocycles. The van der Waals surface area contributed by atoms with Crippen LogP contribution in [-0.2, 0) is 9.53 Å². The third kappa shape index (κ3) is 4.28. The van der Waals surface area contributed by atoms with Crippen LogP contribution in [0, 0.1) is 0 Å². The molecule has 0 unspecified atom stereocenters. The molecule has 0 fully saturated rings. The molecule has 5 nitrogen and oxygen atoms in total. The summed E-state index contributed by atoms with van der Waals surface area (Å²) < 4.78 is 15.0. The number of carbonyl (C=O) groups excluding carboxylic acids is 2. The van der Waals surface area contributed by atoms with E-state index in [1.54, 1.807) is 18.2 Å². The van der Waals surface area contributed by atoms with Gasteiger partial charge in [0.15, 0.2) is 17.3 Å². The number of esters is 1. The Bertz CT molecular complexity index is 453. The lowest BCUT2D eigenvalue weighted by Crippen LogP contribution is -2.12. The minimum Gasteiger partial charge on any atom is -0.493 e. The zero-order valence-corrected chi connectivity index (χ0v) is 11.4. The van der Waals surface area contributed by atoms with Gasteiger partial charge in [-0.15, -0.1) is 0 Å². The summed E-state index contributed by atoms with van der Waals surface area (Å²) in [5, 5.41) is 0. The molecule has 0 saturated carbocycles. The lowest BCUT2D eigenvalue weighted by Gasteiger charge is -2.09. The van der Waals surface area contributed by atoms with Crippen molar-refractivity contribution in [2.75, 3.05) is 20.8 Å². The van der Waals surface area contributed by atoms with Crippen molar-refractivity contribution in [1.29, 1.82) is 0 Å². The summed E-state index contributed by atoms with van der Waals surface area (Å²) in [4.78, 5) is 23.3. The topological polar surface area (TPSA) is 61.8 Å². The molecule has 1 aromatic rings. The van der Waals surface area contributed by atoms with Gasteiger partial charge in [0.05, 0.1) is 20.8 Å². The van der Waals surface area contributed by atoms with Crippen LogP contribution in [0.5, 0.6) is 11.5 Å². The first-order valence-corrected chi connectivity index (χ1v) is 6.03. The Kier molecular flexibility index (Phi) is 5.85. The number of rotatable bonds is 7. The van der Waals surface area contributed by atoms with Gasteiger partial charge >= 0.3 is 5.97 Å². The van der Waals surface area contributed by atoms with Gasteiger partial charge in [-0.2, -0.15) is 0 Å². The van der Waals surface area contributed by atoms with Crippen LogP contribution in [0.25, 0.3) is 0 Å². The van der Waals surface area contributed by atoms with Gasteiger partial charge in [-0.3, -0.25) is 9.59 Å². The molecule has 0 spiro atoms. The average Bonchev–Trinajstić information content (AvgIpc) is 2.44. The molecule has 0 amide bonds. The van der Waals surface area contributed by atoms with Gasteiger partial charge in [0, 0.05) is 5.56 Å². The van der Waals surface area contributed by atoms with Crippen molar-refractivity contribution in [3.05, 3.63) is 23.8 Å². The maximum absolute atomic E-state index is 11.9. The number of Topliss-reactive ketones (excluding diaryl/α,β-unsaturated/α-hetero) is 1. The number of carbonyl (C=O) groups is 2. The summed E-state index contributed by atoms with van der Waals surface area (Å²) in [6, 6.07) is 4.77. The largest absolute Gasteiger partial charge is 0.493 e. The molecule has 0 aliphatic rings. The second-order valence-electron chi connectivity index (χ2n) is 3.89. The number of benzene rings is 1. The van der Waals surface area contributed by atoms with E-state index in [2.05, 4.69) is 0 Å². The van der Waals surface area contributed by atoms with Crippen molar-refractivity contribution in [3.8, 4) is 11.5 Å². The van der Waals surface area contributed by atoms with Gasteiger partial charge < -0.3 is 14.2 Å². The zero-order chi connectivity index (χ0) is 14.3. The van der Waals surface area contributed by atoms with E-state index < -0.39 is 5.97 Å². The van der Waals surface area contributed by atoms with Crippen molar-refractivity contribution >= 4 is 11.8 Å². The first-order valence-electron chi connectivity index (χ1n) is 6.03. The average molecular weight is 266 g/mol. The van der Waals surface area contributed by atoms with Crippen molar-refractivity contribution in [3.63, 3.8) is 0 Å². The third-order valence-corrected chi connectivity index (χ3v) is 2.48. The van der Waals surface area contributed by atoms with Crippen LogP contribution >= 0.6 is 0 Å². The Labute approximate surface area is 112 Å². The highest BCUT2D eigenvalue weighted by Gasteiger charge is 2.15.